The van der Waals surface area contributed by atoms with E-state index >= 15 is 0 Å². The third kappa shape index (κ3) is 5.83. The summed E-state index contributed by atoms with van der Waals surface area (Å²) in [4.78, 5) is 12.9. The van der Waals surface area contributed by atoms with E-state index in [4.69, 9.17) is 16.3 Å². The molecule has 0 saturated carbocycles. The maximum absolute atomic E-state index is 13.3. The minimum absolute atomic E-state index is 0. The Labute approximate surface area is 169 Å². The van der Waals surface area contributed by atoms with E-state index in [1.165, 1.54) is 18.2 Å². The van der Waals surface area contributed by atoms with Crippen LogP contribution in [-0.4, -0.2) is 24.5 Å². The van der Waals surface area contributed by atoms with Gasteiger partial charge in [0, 0.05) is 17.6 Å². The Kier molecular flexibility index (Phi) is 7.90. The highest BCUT2D eigenvalue weighted by molar-refractivity contribution is 6.32. The van der Waals surface area contributed by atoms with E-state index in [1.54, 1.807) is 0 Å². The van der Waals surface area contributed by atoms with Gasteiger partial charge in [0.1, 0.15) is 11.6 Å². The second-order valence-electron chi connectivity index (χ2n) is 6.57. The van der Waals surface area contributed by atoms with Crippen LogP contribution in [0.25, 0.3) is 0 Å². The van der Waals surface area contributed by atoms with Crippen LogP contribution in [-0.2, 0) is 4.79 Å². The molecule has 1 heterocycles. The Morgan fingerprint density at radius 3 is 2.70 bits per heavy atom. The first-order valence-electron chi connectivity index (χ1n) is 8.73. The molecule has 1 aliphatic heterocycles. The van der Waals surface area contributed by atoms with Crippen LogP contribution in [0.5, 0.6) is 5.75 Å². The number of carbonyl (C=O) groups excluding carboxylic acids is 1. The molecule has 0 bridgehead atoms. The number of halogens is 3. The van der Waals surface area contributed by atoms with Crippen molar-refractivity contribution in [3.05, 3.63) is 64.9 Å². The highest BCUT2D eigenvalue weighted by Crippen LogP contribution is 2.30. The largest absolute Gasteiger partial charge is 0.474 e. The van der Waals surface area contributed by atoms with Gasteiger partial charge in [-0.25, -0.2) is 4.39 Å². The van der Waals surface area contributed by atoms with Gasteiger partial charge < -0.3 is 15.4 Å². The number of carbonyl (C=O) groups is 1. The number of nitrogens with one attached hydrogen (secondary N) is 2. The van der Waals surface area contributed by atoms with Crippen LogP contribution < -0.4 is 15.4 Å². The molecule has 27 heavy (non-hydrogen) atoms. The minimum Gasteiger partial charge on any atom is -0.474 e. The first kappa shape index (κ1) is 21.5. The molecule has 3 unspecified atom stereocenters. The Morgan fingerprint density at radius 2 is 2.04 bits per heavy atom. The molecule has 3 rings (SSSR count). The number of rotatable bonds is 5. The van der Waals surface area contributed by atoms with Gasteiger partial charge in [0.05, 0.1) is 5.02 Å². The van der Waals surface area contributed by atoms with Gasteiger partial charge in [-0.05, 0) is 44.5 Å². The lowest BCUT2D eigenvalue weighted by atomic mass is 10.00. The lowest BCUT2D eigenvalue weighted by Crippen LogP contribution is -2.48. The summed E-state index contributed by atoms with van der Waals surface area (Å²) >= 11 is 6.07. The molecule has 1 aliphatic rings. The number of benzene rings is 2. The molecule has 2 N–H and O–H groups in total. The third-order valence-electron chi connectivity index (χ3n) is 4.45. The predicted molar refractivity (Wildman–Crippen MR) is 107 cm³/mol. The van der Waals surface area contributed by atoms with Gasteiger partial charge in [0.2, 0.25) is 6.10 Å². The summed E-state index contributed by atoms with van der Waals surface area (Å²) in [5, 5.41) is 6.57. The van der Waals surface area contributed by atoms with Crippen molar-refractivity contribution < 1.29 is 13.9 Å². The van der Waals surface area contributed by atoms with Crippen LogP contribution in [0.2, 0.25) is 5.02 Å². The summed E-state index contributed by atoms with van der Waals surface area (Å²) in [7, 11) is 0. The van der Waals surface area contributed by atoms with E-state index in [0.717, 1.165) is 19.4 Å². The standard InChI is InChI=1S/C20H22ClFN2O2.ClH/c1-13-11-16(9-10-23-13)24-20(25)19(14-5-3-2-4-6-14)26-18-8-7-15(22)12-17(18)21;/h2-8,12-13,16,19,23H,9-11H2,1H3,(H,24,25);1H. The molecule has 4 nitrogen and oxygen atoms in total. The number of ether oxygens (including phenoxy) is 1. The zero-order chi connectivity index (χ0) is 18.5. The van der Waals surface area contributed by atoms with Crippen LogP contribution in [0.3, 0.4) is 0 Å². The average Bonchev–Trinajstić information content (AvgIpc) is 2.62. The van der Waals surface area contributed by atoms with Gasteiger partial charge in [-0.3, -0.25) is 4.79 Å². The smallest absolute Gasteiger partial charge is 0.266 e. The van der Waals surface area contributed by atoms with Crippen LogP contribution in [0, 0.1) is 5.82 Å². The highest BCUT2D eigenvalue weighted by Gasteiger charge is 2.27. The first-order valence-corrected chi connectivity index (χ1v) is 9.11. The van der Waals surface area contributed by atoms with Crippen molar-refractivity contribution in [1.29, 1.82) is 0 Å². The molecule has 2 aromatic rings. The molecule has 0 radical (unpaired) electrons. The van der Waals surface area contributed by atoms with Gasteiger partial charge in [-0.2, -0.15) is 0 Å². The molecule has 146 valence electrons. The van der Waals surface area contributed by atoms with Gasteiger partial charge in [-0.1, -0.05) is 41.9 Å². The molecule has 1 saturated heterocycles. The summed E-state index contributed by atoms with van der Waals surface area (Å²) in [6.45, 7) is 2.97. The van der Waals surface area contributed by atoms with Gasteiger partial charge in [0.15, 0.2) is 0 Å². The molecule has 2 aromatic carbocycles. The van der Waals surface area contributed by atoms with E-state index < -0.39 is 11.9 Å². The maximum atomic E-state index is 13.3. The summed E-state index contributed by atoms with van der Waals surface area (Å²) in [5.41, 5.74) is 0.715. The van der Waals surface area contributed by atoms with E-state index in [0.29, 0.717) is 11.6 Å². The number of amides is 1. The maximum Gasteiger partial charge on any atom is 0.266 e. The van der Waals surface area contributed by atoms with Gasteiger partial charge in [0.25, 0.3) is 5.91 Å². The van der Waals surface area contributed by atoms with Crippen LogP contribution in [0.4, 0.5) is 4.39 Å². The number of piperidine rings is 1. The fourth-order valence-electron chi connectivity index (χ4n) is 3.14. The van der Waals surface area contributed by atoms with Crippen LogP contribution in [0.1, 0.15) is 31.4 Å². The van der Waals surface area contributed by atoms with Crippen molar-refractivity contribution in [3.63, 3.8) is 0 Å². The van der Waals surface area contributed by atoms with Gasteiger partial charge in [-0.15, -0.1) is 12.4 Å². The third-order valence-corrected chi connectivity index (χ3v) is 4.74. The van der Waals surface area contributed by atoms with Gasteiger partial charge >= 0.3 is 0 Å². The number of hydrogen-bond donors (Lipinski definition) is 2. The van der Waals surface area contributed by atoms with Crippen molar-refractivity contribution >= 4 is 29.9 Å². The monoisotopic (exact) mass is 412 g/mol. The van der Waals surface area contributed by atoms with E-state index in [2.05, 4.69) is 17.6 Å². The molecular weight excluding hydrogens is 390 g/mol. The Bertz CT molecular complexity index is 761. The fraction of sp³-hybridized carbons (Fsp3) is 0.350. The summed E-state index contributed by atoms with van der Waals surface area (Å²) in [6, 6.07) is 13.5. The predicted octanol–water partition coefficient (Wildman–Crippen LogP) is 4.28. The second-order valence-corrected chi connectivity index (χ2v) is 6.98. The summed E-state index contributed by atoms with van der Waals surface area (Å²) < 4.78 is 19.2. The van der Waals surface area contributed by atoms with Crippen molar-refractivity contribution in [2.45, 2.75) is 38.0 Å². The van der Waals surface area contributed by atoms with E-state index in [1.807, 2.05) is 30.3 Å². The molecule has 3 atom stereocenters. The van der Waals surface area contributed by atoms with Crippen LogP contribution >= 0.6 is 24.0 Å². The first-order chi connectivity index (χ1) is 12.5. The zero-order valence-electron chi connectivity index (χ0n) is 15.0. The van der Waals surface area contributed by atoms with E-state index in [-0.39, 0.29) is 35.1 Å². The average molecular weight is 413 g/mol. The molecular formula is C20H23Cl2FN2O2. The summed E-state index contributed by atoms with van der Waals surface area (Å²) in [6.07, 6.45) is 0.878. The summed E-state index contributed by atoms with van der Waals surface area (Å²) in [5.74, 6) is -0.404. The second kappa shape index (κ2) is 9.93. The normalized spacial score (nSPS) is 20.3. The molecule has 0 aliphatic carbocycles. The van der Waals surface area contributed by atoms with Crippen molar-refractivity contribution in [3.8, 4) is 5.75 Å². The Morgan fingerprint density at radius 1 is 1.30 bits per heavy atom. The zero-order valence-corrected chi connectivity index (χ0v) is 16.5. The topological polar surface area (TPSA) is 50.4 Å². The molecule has 0 spiro atoms. The lowest BCUT2D eigenvalue weighted by molar-refractivity contribution is -0.129. The minimum atomic E-state index is -0.857. The Balaban J connectivity index is 0.00000261. The quantitative estimate of drug-likeness (QED) is 0.770. The Hall–Kier alpha value is -1.82. The molecule has 7 heteroatoms. The molecule has 1 amide bonds. The number of hydrogen-bond acceptors (Lipinski definition) is 3. The lowest BCUT2D eigenvalue weighted by Gasteiger charge is -2.30. The SMILES string of the molecule is CC1CC(NC(=O)C(Oc2ccc(F)cc2Cl)c2ccccc2)CCN1.Cl. The molecule has 0 aromatic heterocycles. The van der Waals surface area contributed by atoms with Crippen molar-refractivity contribution in [2.24, 2.45) is 0 Å². The van der Waals surface area contributed by atoms with Crippen molar-refractivity contribution in [1.82, 2.24) is 10.6 Å². The van der Waals surface area contributed by atoms with Crippen molar-refractivity contribution in [2.75, 3.05) is 6.54 Å². The fourth-order valence-corrected chi connectivity index (χ4v) is 3.35. The van der Waals surface area contributed by atoms with Crippen LogP contribution in [0.15, 0.2) is 48.5 Å². The highest BCUT2D eigenvalue weighted by atomic mass is 35.5. The molecule has 1 fully saturated rings. The van der Waals surface area contributed by atoms with E-state index in [9.17, 15) is 9.18 Å².